The summed E-state index contributed by atoms with van der Waals surface area (Å²) in [6.45, 7) is 1.95. The van der Waals surface area contributed by atoms with Crippen LogP contribution in [-0.2, 0) is 7.05 Å². The van der Waals surface area contributed by atoms with E-state index in [4.69, 9.17) is 4.52 Å². The van der Waals surface area contributed by atoms with Gasteiger partial charge in [0.05, 0.1) is 11.6 Å². The fourth-order valence-corrected chi connectivity index (χ4v) is 1.45. The summed E-state index contributed by atoms with van der Waals surface area (Å²) in [5.74, 6) is 0.932. The van der Waals surface area contributed by atoms with Crippen molar-refractivity contribution >= 4 is 0 Å². The quantitative estimate of drug-likeness (QED) is 0.605. The number of aromatic nitrogens is 1. The molecule has 1 aromatic heterocycles. The van der Waals surface area contributed by atoms with Crippen molar-refractivity contribution in [3.05, 3.63) is 42.2 Å². The summed E-state index contributed by atoms with van der Waals surface area (Å²) in [6.07, 6.45) is 0. The van der Waals surface area contributed by atoms with Gasteiger partial charge in [-0.3, -0.25) is 0 Å². The zero-order valence-corrected chi connectivity index (χ0v) is 7.82. The van der Waals surface area contributed by atoms with Crippen LogP contribution < -0.4 is 4.74 Å². The van der Waals surface area contributed by atoms with Crippen molar-refractivity contribution in [3.8, 4) is 11.3 Å². The Morgan fingerprint density at radius 3 is 2.38 bits per heavy atom. The van der Waals surface area contributed by atoms with Gasteiger partial charge in [-0.2, -0.15) is 0 Å². The van der Waals surface area contributed by atoms with Gasteiger partial charge < -0.3 is 0 Å². The van der Waals surface area contributed by atoms with Gasteiger partial charge in [-0.15, -0.1) is 0 Å². The molecule has 0 aliphatic carbocycles. The van der Waals surface area contributed by atoms with E-state index in [1.807, 2.05) is 38.2 Å². The van der Waals surface area contributed by atoms with Crippen LogP contribution >= 0.6 is 0 Å². The van der Waals surface area contributed by atoms with Crippen molar-refractivity contribution in [1.82, 2.24) is 0 Å². The van der Waals surface area contributed by atoms with Gasteiger partial charge >= 0.3 is 0 Å². The average Bonchev–Trinajstić information content (AvgIpc) is 2.47. The first-order chi connectivity index (χ1) is 6.27. The van der Waals surface area contributed by atoms with Crippen LogP contribution in [0.2, 0.25) is 0 Å². The fraction of sp³-hybridized carbons (Fsp3) is 0.182. The highest BCUT2D eigenvalue weighted by Gasteiger charge is 2.14. The summed E-state index contributed by atoms with van der Waals surface area (Å²) in [5.41, 5.74) is 2.29. The van der Waals surface area contributed by atoms with Gasteiger partial charge in [0.15, 0.2) is 12.8 Å². The van der Waals surface area contributed by atoms with Crippen LogP contribution in [-0.4, -0.2) is 0 Å². The van der Waals surface area contributed by atoms with Crippen molar-refractivity contribution in [3.63, 3.8) is 0 Å². The molecule has 0 atom stereocenters. The molecule has 0 aliphatic rings. The third kappa shape index (κ3) is 1.47. The molecule has 2 heteroatoms. The number of benzene rings is 1. The zero-order chi connectivity index (χ0) is 9.26. The fourth-order valence-electron chi connectivity index (χ4n) is 1.45. The van der Waals surface area contributed by atoms with Gasteiger partial charge in [0.2, 0.25) is 0 Å². The first-order valence-electron chi connectivity index (χ1n) is 4.30. The van der Waals surface area contributed by atoms with E-state index in [-0.39, 0.29) is 0 Å². The van der Waals surface area contributed by atoms with E-state index in [0.29, 0.717) is 0 Å². The van der Waals surface area contributed by atoms with Crippen LogP contribution in [0.3, 0.4) is 0 Å². The van der Waals surface area contributed by atoms with Crippen molar-refractivity contribution in [2.75, 3.05) is 0 Å². The molecule has 0 saturated carbocycles. The molecule has 0 fully saturated rings. The highest BCUT2D eigenvalue weighted by Crippen LogP contribution is 2.15. The largest absolute Gasteiger partial charge is 0.261 e. The van der Waals surface area contributed by atoms with Gasteiger partial charge in [0, 0.05) is 6.92 Å². The van der Waals surface area contributed by atoms with E-state index in [1.165, 1.54) is 5.56 Å². The number of aryl methyl sites for hydroxylation is 2. The smallest absolute Gasteiger partial charge is 0.241 e. The van der Waals surface area contributed by atoms with Crippen LogP contribution in [0.15, 0.2) is 40.9 Å². The normalized spacial score (nSPS) is 10.3. The first-order valence-corrected chi connectivity index (χ1v) is 4.30. The van der Waals surface area contributed by atoms with E-state index < -0.39 is 0 Å². The van der Waals surface area contributed by atoms with Gasteiger partial charge in [0.25, 0.3) is 5.69 Å². The minimum absolute atomic E-state index is 0.932. The molecule has 66 valence electrons. The van der Waals surface area contributed by atoms with Crippen molar-refractivity contribution < 1.29 is 9.26 Å². The predicted molar refractivity (Wildman–Crippen MR) is 50.1 cm³/mol. The Kier molecular flexibility index (Phi) is 1.89. The first kappa shape index (κ1) is 8.05. The molecule has 0 unspecified atom stereocenters. The molecule has 0 spiro atoms. The average molecular weight is 174 g/mol. The lowest BCUT2D eigenvalue weighted by Crippen LogP contribution is -2.26. The molecule has 2 rings (SSSR count). The maximum Gasteiger partial charge on any atom is 0.261 e. The molecule has 0 radical (unpaired) electrons. The minimum atomic E-state index is 0.932. The van der Waals surface area contributed by atoms with Crippen LogP contribution in [0.5, 0.6) is 0 Å². The second kappa shape index (κ2) is 3.05. The highest BCUT2D eigenvalue weighted by molar-refractivity contribution is 5.55. The van der Waals surface area contributed by atoms with Crippen LogP contribution in [0, 0.1) is 6.92 Å². The molecule has 13 heavy (non-hydrogen) atoms. The minimum Gasteiger partial charge on any atom is -0.241 e. The van der Waals surface area contributed by atoms with Gasteiger partial charge in [0.1, 0.15) is 0 Å². The van der Waals surface area contributed by atoms with Gasteiger partial charge in [-0.05, 0) is 16.9 Å². The Morgan fingerprint density at radius 2 is 1.85 bits per heavy atom. The summed E-state index contributed by atoms with van der Waals surface area (Å²) in [5, 5.41) is 0. The lowest BCUT2D eigenvalue weighted by Gasteiger charge is -1.89. The lowest BCUT2D eigenvalue weighted by atomic mass is 10.1. The summed E-state index contributed by atoms with van der Waals surface area (Å²) in [6, 6.07) is 12.2. The molecule has 0 aliphatic heterocycles. The molecular formula is C11H12NO+. The summed E-state index contributed by atoms with van der Waals surface area (Å²) in [7, 11) is 1.91. The van der Waals surface area contributed by atoms with E-state index in [9.17, 15) is 0 Å². The van der Waals surface area contributed by atoms with Crippen molar-refractivity contribution in [2.24, 2.45) is 7.05 Å². The molecule has 0 N–H and O–H groups in total. The molecule has 0 bridgehead atoms. The predicted octanol–water partition coefficient (Wildman–Crippen LogP) is 2.08. The number of hydrogen-bond acceptors (Lipinski definition) is 1. The Bertz CT molecular complexity index is 403. The third-order valence-electron chi connectivity index (χ3n) is 2.03. The molecular weight excluding hydrogens is 162 g/mol. The lowest BCUT2D eigenvalue weighted by molar-refractivity contribution is -0.837. The van der Waals surface area contributed by atoms with Crippen LogP contribution in [0.1, 0.15) is 5.76 Å². The summed E-state index contributed by atoms with van der Waals surface area (Å²) in [4.78, 5) is 0. The number of rotatable bonds is 1. The summed E-state index contributed by atoms with van der Waals surface area (Å²) < 4.78 is 7.17. The van der Waals surface area contributed by atoms with Gasteiger partial charge in [-0.1, -0.05) is 18.2 Å². The standard InChI is InChI=1S/C11H12NO/c1-9-8-11(12(2)13-9)10-6-4-3-5-7-10/h3-8H,1-2H3/q+1. The highest BCUT2D eigenvalue weighted by atomic mass is 16.5. The molecule has 0 amide bonds. The maximum absolute atomic E-state index is 5.39. The molecule has 0 saturated heterocycles. The van der Waals surface area contributed by atoms with Crippen LogP contribution in [0.25, 0.3) is 11.3 Å². The van der Waals surface area contributed by atoms with Gasteiger partial charge in [-0.25, -0.2) is 4.52 Å². The van der Waals surface area contributed by atoms with Crippen LogP contribution in [0.4, 0.5) is 0 Å². The second-order valence-corrected chi connectivity index (χ2v) is 3.10. The molecule has 2 nitrogen and oxygen atoms in total. The van der Waals surface area contributed by atoms with E-state index in [2.05, 4.69) is 12.1 Å². The number of nitrogens with zero attached hydrogens (tertiary/aromatic N) is 1. The SMILES string of the molecule is Cc1cc(-c2ccccc2)[n+](C)o1. The van der Waals surface area contributed by atoms with Crippen molar-refractivity contribution in [2.45, 2.75) is 6.92 Å². The zero-order valence-electron chi connectivity index (χ0n) is 7.82. The molecule has 1 aromatic carbocycles. The van der Waals surface area contributed by atoms with E-state index in [0.717, 1.165) is 11.5 Å². The van der Waals surface area contributed by atoms with E-state index >= 15 is 0 Å². The molecule has 1 heterocycles. The maximum atomic E-state index is 5.39. The second-order valence-electron chi connectivity index (χ2n) is 3.10. The monoisotopic (exact) mass is 174 g/mol. The topological polar surface area (TPSA) is 17.0 Å². The van der Waals surface area contributed by atoms with E-state index in [1.54, 1.807) is 4.74 Å². The Morgan fingerprint density at radius 1 is 1.15 bits per heavy atom. The van der Waals surface area contributed by atoms with Crippen molar-refractivity contribution in [1.29, 1.82) is 0 Å². The third-order valence-corrected chi connectivity index (χ3v) is 2.03. The Labute approximate surface area is 77.4 Å². The number of hydrogen-bond donors (Lipinski definition) is 0. The Hall–Kier alpha value is -1.57. The summed E-state index contributed by atoms with van der Waals surface area (Å²) >= 11 is 0. The molecule has 2 aromatic rings. The Balaban J connectivity index is 2.53.